The van der Waals surface area contributed by atoms with Gasteiger partial charge >= 0.3 is 0 Å². The van der Waals surface area contributed by atoms with Crippen molar-refractivity contribution in [3.63, 3.8) is 0 Å². The van der Waals surface area contributed by atoms with Crippen LogP contribution in [0.15, 0.2) is 18.2 Å². The average Bonchev–Trinajstić information content (AvgIpc) is 3.12. The van der Waals surface area contributed by atoms with Crippen LogP contribution in [0.4, 0.5) is 0 Å². The number of ether oxygens (including phenoxy) is 1. The summed E-state index contributed by atoms with van der Waals surface area (Å²) in [5, 5.41) is 3.26. The van der Waals surface area contributed by atoms with Gasteiger partial charge < -0.3 is 15.8 Å². The Balaban J connectivity index is 2.16. The van der Waals surface area contributed by atoms with E-state index in [1.807, 2.05) is 20.0 Å². The molecular formula is C15H24N2O. The highest BCUT2D eigenvalue weighted by Gasteiger charge is 2.47. The Kier molecular flexibility index (Phi) is 3.93. The molecule has 0 bridgehead atoms. The first kappa shape index (κ1) is 13.4. The van der Waals surface area contributed by atoms with Crippen LogP contribution >= 0.6 is 0 Å². The van der Waals surface area contributed by atoms with Crippen LogP contribution in [0.2, 0.25) is 0 Å². The van der Waals surface area contributed by atoms with E-state index < -0.39 is 0 Å². The molecule has 3 heteroatoms. The van der Waals surface area contributed by atoms with Gasteiger partial charge in [0.15, 0.2) is 0 Å². The third kappa shape index (κ3) is 2.52. The monoisotopic (exact) mass is 248 g/mol. The fourth-order valence-corrected chi connectivity index (χ4v) is 2.65. The molecule has 1 saturated carbocycles. The van der Waals surface area contributed by atoms with Crippen molar-refractivity contribution >= 4 is 0 Å². The molecule has 3 nitrogen and oxygen atoms in total. The second-order valence-corrected chi connectivity index (χ2v) is 5.33. The maximum atomic E-state index is 6.43. The van der Waals surface area contributed by atoms with Crippen molar-refractivity contribution in [2.45, 2.75) is 32.7 Å². The highest BCUT2D eigenvalue weighted by molar-refractivity contribution is 5.38. The highest BCUT2D eigenvalue weighted by Crippen LogP contribution is 2.53. The second kappa shape index (κ2) is 5.29. The predicted molar refractivity (Wildman–Crippen MR) is 74.9 cm³/mol. The molecule has 0 aromatic heterocycles. The van der Waals surface area contributed by atoms with Gasteiger partial charge in [0, 0.05) is 18.0 Å². The van der Waals surface area contributed by atoms with E-state index in [-0.39, 0.29) is 11.5 Å². The normalized spacial score (nSPS) is 18.4. The van der Waals surface area contributed by atoms with Crippen molar-refractivity contribution in [2.24, 2.45) is 11.1 Å². The first-order valence-electron chi connectivity index (χ1n) is 6.76. The summed E-state index contributed by atoms with van der Waals surface area (Å²) in [5.74, 6) is 0.965. The summed E-state index contributed by atoms with van der Waals surface area (Å²) in [6.45, 7) is 5.79. The third-order valence-corrected chi connectivity index (χ3v) is 3.94. The molecule has 0 saturated heterocycles. The van der Waals surface area contributed by atoms with E-state index in [2.05, 4.69) is 24.4 Å². The number of rotatable bonds is 6. The molecule has 0 aliphatic heterocycles. The van der Waals surface area contributed by atoms with E-state index in [0.29, 0.717) is 6.61 Å². The largest absolute Gasteiger partial charge is 0.494 e. The van der Waals surface area contributed by atoms with Gasteiger partial charge in [-0.15, -0.1) is 0 Å². The van der Waals surface area contributed by atoms with Gasteiger partial charge in [-0.2, -0.15) is 0 Å². The molecule has 1 aromatic rings. The van der Waals surface area contributed by atoms with E-state index in [0.717, 1.165) is 12.3 Å². The summed E-state index contributed by atoms with van der Waals surface area (Å²) in [6.07, 6.45) is 2.45. The van der Waals surface area contributed by atoms with Crippen LogP contribution in [-0.4, -0.2) is 20.2 Å². The summed E-state index contributed by atoms with van der Waals surface area (Å²) in [5.41, 5.74) is 9.10. The minimum Gasteiger partial charge on any atom is -0.494 e. The second-order valence-electron chi connectivity index (χ2n) is 5.33. The lowest BCUT2D eigenvalue weighted by molar-refractivity contribution is 0.337. The molecule has 1 unspecified atom stereocenters. The lowest BCUT2D eigenvalue weighted by Gasteiger charge is -2.24. The van der Waals surface area contributed by atoms with Gasteiger partial charge in [0.05, 0.1) is 6.61 Å². The molecule has 0 radical (unpaired) electrons. The maximum Gasteiger partial charge on any atom is 0.122 e. The molecule has 1 aliphatic rings. The Morgan fingerprint density at radius 3 is 2.67 bits per heavy atom. The van der Waals surface area contributed by atoms with Crippen LogP contribution in [0.1, 0.15) is 36.9 Å². The molecule has 100 valence electrons. The van der Waals surface area contributed by atoms with Gasteiger partial charge in [-0.05, 0) is 50.9 Å². The van der Waals surface area contributed by atoms with E-state index >= 15 is 0 Å². The van der Waals surface area contributed by atoms with Crippen molar-refractivity contribution in [1.29, 1.82) is 0 Å². The summed E-state index contributed by atoms with van der Waals surface area (Å²) in [4.78, 5) is 0. The summed E-state index contributed by atoms with van der Waals surface area (Å²) in [6, 6.07) is 6.45. The zero-order valence-corrected chi connectivity index (χ0v) is 11.6. The Morgan fingerprint density at radius 1 is 1.44 bits per heavy atom. The fourth-order valence-electron chi connectivity index (χ4n) is 2.65. The van der Waals surface area contributed by atoms with Gasteiger partial charge in [-0.3, -0.25) is 0 Å². The van der Waals surface area contributed by atoms with Crippen LogP contribution in [-0.2, 0) is 0 Å². The van der Waals surface area contributed by atoms with E-state index in [1.165, 1.54) is 24.0 Å². The van der Waals surface area contributed by atoms with E-state index in [9.17, 15) is 0 Å². The van der Waals surface area contributed by atoms with E-state index in [4.69, 9.17) is 10.5 Å². The van der Waals surface area contributed by atoms with Crippen molar-refractivity contribution in [2.75, 3.05) is 20.2 Å². The van der Waals surface area contributed by atoms with Crippen molar-refractivity contribution in [3.8, 4) is 5.75 Å². The van der Waals surface area contributed by atoms with Gasteiger partial charge in [0.1, 0.15) is 5.75 Å². The number of aryl methyl sites for hydroxylation is 1. The first-order chi connectivity index (χ1) is 8.63. The Labute approximate surface area is 110 Å². The SMILES string of the molecule is CCOc1ccc(C(N)C2(CNC)CC2)cc1C. The van der Waals surface area contributed by atoms with Crippen LogP contribution in [0.25, 0.3) is 0 Å². The standard InChI is InChI=1S/C15H24N2O/c1-4-18-13-6-5-12(9-11(13)2)14(16)15(7-8-15)10-17-3/h5-6,9,14,17H,4,7-8,10,16H2,1-3H3. The predicted octanol–water partition coefficient (Wildman–Crippen LogP) is 2.39. The molecule has 0 amide bonds. The van der Waals surface area contributed by atoms with Crippen molar-refractivity contribution in [1.82, 2.24) is 5.32 Å². The molecule has 18 heavy (non-hydrogen) atoms. The number of hydrogen-bond donors (Lipinski definition) is 2. The van der Waals surface area contributed by atoms with E-state index in [1.54, 1.807) is 0 Å². The zero-order valence-electron chi connectivity index (χ0n) is 11.6. The quantitative estimate of drug-likeness (QED) is 0.812. The minimum atomic E-state index is 0.124. The summed E-state index contributed by atoms with van der Waals surface area (Å²) >= 11 is 0. The number of nitrogens with one attached hydrogen (secondary N) is 1. The van der Waals surface area contributed by atoms with Crippen LogP contribution < -0.4 is 15.8 Å². The minimum absolute atomic E-state index is 0.124. The van der Waals surface area contributed by atoms with Gasteiger partial charge in [0.2, 0.25) is 0 Å². The van der Waals surface area contributed by atoms with Gasteiger partial charge in [0.25, 0.3) is 0 Å². The molecule has 1 aliphatic carbocycles. The summed E-state index contributed by atoms with van der Waals surface area (Å²) < 4.78 is 5.57. The van der Waals surface area contributed by atoms with Crippen molar-refractivity contribution < 1.29 is 4.74 Å². The molecular weight excluding hydrogens is 224 g/mol. The molecule has 1 atom stereocenters. The van der Waals surface area contributed by atoms with Gasteiger partial charge in [-0.25, -0.2) is 0 Å². The molecule has 3 N–H and O–H groups in total. The number of benzene rings is 1. The van der Waals surface area contributed by atoms with Gasteiger partial charge in [-0.1, -0.05) is 12.1 Å². The molecule has 1 fully saturated rings. The van der Waals surface area contributed by atoms with Crippen LogP contribution in [0, 0.1) is 12.3 Å². The Morgan fingerprint density at radius 2 is 2.17 bits per heavy atom. The highest BCUT2D eigenvalue weighted by atomic mass is 16.5. The van der Waals surface area contributed by atoms with Crippen LogP contribution in [0.5, 0.6) is 5.75 Å². The fraction of sp³-hybridized carbons (Fsp3) is 0.600. The number of hydrogen-bond acceptors (Lipinski definition) is 3. The van der Waals surface area contributed by atoms with Crippen LogP contribution in [0.3, 0.4) is 0 Å². The molecule has 0 heterocycles. The Bertz CT molecular complexity index is 413. The smallest absolute Gasteiger partial charge is 0.122 e. The first-order valence-corrected chi connectivity index (χ1v) is 6.76. The molecule has 1 aromatic carbocycles. The molecule has 2 rings (SSSR count). The lowest BCUT2D eigenvalue weighted by Crippen LogP contribution is -2.31. The molecule has 0 spiro atoms. The Hall–Kier alpha value is -1.06. The average molecular weight is 248 g/mol. The lowest BCUT2D eigenvalue weighted by atomic mass is 9.90. The topological polar surface area (TPSA) is 47.3 Å². The zero-order chi connectivity index (χ0) is 13.2. The summed E-state index contributed by atoms with van der Waals surface area (Å²) in [7, 11) is 2.00. The maximum absolute atomic E-state index is 6.43. The number of nitrogens with two attached hydrogens (primary N) is 1. The third-order valence-electron chi connectivity index (χ3n) is 3.94. The van der Waals surface area contributed by atoms with Crippen molar-refractivity contribution in [3.05, 3.63) is 29.3 Å².